The molecular formula is C41H33BN5O4. The summed E-state index contributed by atoms with van der Waals surface area (Å²) in [6.07, 6.45) is 11.9. The minimum absolute atomic E-state index is 0.395. The summed E-state index contributed by atoms with van der Waals surface area (Å²) < 4.78 is 11.9. The van der Waals surface area contributed by atoms with Crippen molar-refractivity contribution < 1.29 is 18.4 Å². The average Bonchev–Trinajstić information content (AvgIpc) is 3.82. The summed E-state index contributed by atoms with van der Waals surface area (Å²) >= 11 is 0. The van der Waals surface area contributed by atoms with E-state index in [-0.39, 0.29) is 0 Å². The number of rotatable bonds is 8. The van der Waals surface area contributed by atoms with Crippen molar-refractivity contribution in [3.8, 4) is 22.6 Å². The fourth-order valence-electron chi connectivity index (χ4n) is 6.74. The van der Waals surface area contributed by atoms with E-state index in [1.165, 1.54) is 0 Å². The van der Waals surface area contributed by atoms with Crippen molar-refractivity contribution in [2.24, 2.45) is 5.92 Å². The summed E-state index contributed by atoms with van der Waals surface area (Å²) in [5.74, 6) is 2.12. The Hall–Kier alpha value is -6.00. The van der Waals surface area contributed by atoms with Gasteiger partial charge in [0.25, 0.3) is 0 Å². The summed E-state index contributed by atoms with van der Waals surface area (Å²) in [5.41, 5.74) is 6.49. The number of benzene rings is 2. The van der Waals surface area contributed by atoms with Gasteiger partial charge in [-0.25, -0.2) is 4.98 Å². The van der Waals surface area contributed by atoms with Gasteiger partial charge >= 0.3 is 0 Å². The van der Waals surface area contributed by atoms with Crippen molar-refractivity contribution >= 4 is 63.5 Å². The molecule has 2 aromatic carbocycles. The summed E-state index contributed by atoms with van der Waals surface area (Å²) in [4.78, 5) is 41.9. The number of hydrogen-bond donors (Lipinski definition) is 0. The first-order valence-electron chi connectivity index (χ1n) is 17.1. The smallest absolute Gasteiger partial charge is 0.197 e. The minimum Gasteiger partial charge on any atom is -0.456 e. The molecule has 1 fully saturated rings. The zero-order chi connectivity index (χ0) is 34.6. The molecule has 9 rings (SSSR count). The molecule has 1 radical (unpaired) electrons. The van der Waals surface area contributed by atoms with Crippen LogP contribution in [0.1, 0.15) is 29.0 Å². The van der Waals surface area contributed by atoms with E-state index >= 15 is 0 Å². The summed E-state index contributed by atoms with van der Waals surface area (Å²) in [6, 6.07) is 27.6. The quantitative estimate of drug-likeness (QED) is 0.116. The van der Waals surface area contributed by atoms with Crippen LogP contribution in [0.15, 0.2) is 119 Å². The van der Waals surface area contributed by atoms with Gasteiger partial charge in [-0.2, -0.15) is 0 Å². The van der Waals surface area contributed by atoms with E-state index in [1.54, 1.807) is 25.7 Å². The van der Waals surface area contributed by atoms with Gasteiger partial charge in [-0.15, -0.1) is 0 Å². The number of carbonyl (C=O) groups excluding carboxylic acids is 2. The van der Waals surface area contributed by atoms with Gasteiger partial charge in [0.1, 0.15) is 28.4 Å². The van der Waals surface area contributed by atoms with Gasteiger partial charge in [0.15, 0.2) is 13.6 Å². The molecule has 1 saturated heterocycles. The maximum atomic E-state index is 10.9. The van der Waals surface area contributed by atoms with Gasteiger partial charge in [0.2, 0.25) is 0 Å². The van der Waals surface area contributed by atoms with E-state index in [9.17, 15) is 9.59 Å². The Bertz CT molecular complexity index is 2440. The number of carbonyl (C=O) groups is 2. The summed E-state index contributed by atoms with van der Waals surface area (Å²) in [7, 11) is 1.75. The van der Waals surface area contributed by atoms with Gasteiger partial charge < -0.3 is 13.6 Å². The van der Waals surface area contributed by atoms with Crippen LogP contribution in [0.5, 0.6) is 0 Å². The fourth-order valence-corrected chi connectivity index (χ4v) is 6.74. The van der Waals surface area contributed by atoms with Crippen LogP contribution >= 0.6 is 0 Å². The van der Waals surface area contributed by atoms with Crippen LogP contribution in [0.4, 0.5) is 0 Å². The zero-order valence-corrected chi connectivity index (χ0v) is 27.8. The van der Waals surface area contributed by atoms with Crippen LogP contribution in [0.25, 0.3) is 66.4 Å². The number of para-hydroxylation sites is 2. The molecule has 10 heteroatoms. The molecular weight excluding hydrogens is 637 g/mol. The number of aromatic nitrogens is 4. The molecule has 6 aromatic heterocycles. The Labute approximate surface area is 294 Å². The SMILES string of the molecule is O=C[B]CC1CCN(Cc2ccc3cncc(-c4cc5ccccc5o4)c3n2)CC1.O=Cc1ccc2cncc(-c3cc4ccccc4o3)c2n1. The molecule has 249 valence electrons. The molecule has 0 atom stereocenters. The molecule has 0 spiro atoms. The molecule has 1 aliphatic heterocycles. The van der Waals surface area contributed by atoms with Gasteiger partial charge in [-0.1, -0.05) is 42.7 Å². The molecule has 0 saturated carbocycles. The molecule has 1 aliphatic rings. The molecule has 0 amide bonds. The number of nitrogens with zero attached hydrogens (tertiary/aromatic N) is 5. The van der Waals surface area contributed by atoms with E-state index in [1.807, 2.05) is 67.0 Å². The molecule has 0 bridgehead atoms. The first kappa shape index (κ1) is 32.2. The van der Waals surface area contributed by atoms with Gasteiger partial charge in [0, 0.05) is 52.9 Å². The first-order valence-corrected chi connectivity index (χ1v) is 17.1. The van der Waals surface area contributed by atoms with E-state index in [2.05, 4.69) is 44.1 Å². The van der Waals surface area contributed by atoms with Crippen molar-refractivity contribution in [3.63, 3.8) is 0 Å². The van der Waals surface area contributed by atoms with E-state index in [0.717, 1.165) is 112 Å². The van der Waals surface area contributed by atoms with Gasteiger partial charge in [0.05, 0.1) is 34.0 Å². The monoisotopic (exact) mass is 670 g/mol. The number of piperidine rings is 1. The molecule has 0 aliphatic carbocycles. The summed E-state index contributed by atoms with van der Waals surface area (Å²) in [6.45, 7) is 2.93. The Morgan fingerprint density at radius 1 is 0.686 bits per heavy atom. The average molecular weight is 671 g/mol. The Morgan fingerprint density at radius 2 is 1.27 bits per heavy atom. The lowest BCUT2D eigenvalue weighted by atomic mass is 9.69. The molecule has 7 heterocycles. The highest BCUT2D eigenvalue weighted by Gasteiger charge is 2.20. The Kier molecular flexibility index (Phi) is 9.14. The van der Waals surface area contributed by atoms with Crippen molar-refractivity contribution in [3.05, 3.63) is 121 Å². The maximum Gasteiger partial charge on any atom is 0.197 e. The number of furan rings is 2. The highest BCUT2D eigenvalue weighted by atomic mass is 16.3. The Balaban J connectivity index is 0.000000156. The number of pyridine rings is 4. The summed E-state index contributed by atoms with van der Waals surface area (Å²) in [5, 5.41) is 3.99. The van der Waals surface area contributed by atoms with Crippen molar-refractivity contribution in [2.45, 2.75) is 25.7 Å². The largest absolute Gasteiger partial charge is 0.456 e. The number of hydrogen-bond acceptors (Lipinski definition) is 9. The zero-order valence-electron chi connectivity index (χ0n) is 27.8. The second kappa shape index (κ2) is 14.5. The van der Waals surface area contributed by atoms with Crippen LogP contribution in [0.3, 0.4) is 0 Å². The minimum atomic E-state index is 0.395. The van der Waals surface area contributed by atoms with Crippen LogP contribution < -0.4 is 0 Å². The normalized spacial score (nSPS) is 13.7. The molecule has 51 heavy (non-hydrogen) atoms. The predicted octanol–water partition coefficient (Wildman–Crippen LogP) is 8.42. The number of fused-ring (bicyclic) bond motifs is 4. The third-order valence-corrected chi connectivity index (χ3v) is 9.44. The van der Waals surface area contributed by atoms with Crippen LogP contribution in [0.2, 0.25) is 6.32 Å². The highest BCUT2D eigenvalue weighted by Crippen LogP contribution is 2.33. The van der Waals surface area contributed by atoms with Crippen LogP contribution in [-0.2, 0) is 11.3 Å². The lowest BCUT2D eigenvalue weighted by Gasteiger charge is -2.31. The maximum absolute atomic E-state index is 10.9. The molecule has 8 aromatic rings. The lowest BCUT2D eigenvalue weighted by molar-refractivity contribution is 0.111. The van der Waals surface area contributed by atoms with E-state index in [0.29, 0.717) is 22.9 Å². The molecule has 9 nitrogen and oxygen atoms in total. The second-order valence-corrected chi connectivity index (χ2v) is 12.8. The van der Waals surface area contributed by atoms with Crippen molar-refractivity contribution in [1.82, 2.24) is 24.8 Å². The number of aldehydes is 1. The number of likely N-dealkylation sites (tertiary alicyclic amines) is 1. The van der Waals surface area contributed by atoms with E-state index < -0.39 is 0 Å². The molecule has 0 unspecified atom stereocenters. The standard InChI is InChI=1S/C24H23BN3O2.C17H10N2O2/c29-16-25-12-17-7-9-28(10-8-17)15-20-6-5-19-13-26-14-21(24(19)27-20)23-11-18-3-1-2-4-22(18)30-23;20-10-13-6-5-12-8-18-9-14(17(12)19-13)16-7-11-3-1-2-4-15(11)21-16/h1-6,11,13-14,16-17H,7-10,12,15H2;1-10H. The van der Waals surface area contributed by atoms with Crippen LogP contribution in [-0.4, -0.2) is 57.7 Å². The van der Waals surface area contributed by atoms with Gasteiger partial charge in [-0.3, -0.25) is 24.6 Å². The second-order valence-electron chi connectivity index (χ2n) is 12.8. The molecule has 0 N–H and O–H groups in total. The lowest BCUT2D eigenvalue weighted by Crippen LogP contribution is -2.33. The fraction of sp³-hybridized carbons (Fsp3) is 0.171. The predicted molar refractivity (Wildman–Crippen MR) is 200 cm³/mol. The topological polar surface area (TPSA) is 115 Å². The highest BCUT2D eigenvalue weighted by molar-refractivity contribution is 6.66. The third kappa shape index (κ3) is 6.91. The van der Waals surface area contributed by atoms with Crippen LogP contribution in [0, 0.1) is 5.92 Å². The van der Waals surface area contributed by atoms with Crippen molar-refractivity contribution in [1.29, 1.82) is 0 Å². The Morgan fingerprint density at radius 3 is 1.86 bits per heavy atom. The van der Waals surface area contributed by atoms with E-state index in [4.69, 9.17) is 13.8 Å². The van der Waals surface area contributed by atoms with Crippen molar-refractivity contribution in [2.75, 3.05) is 13.1 Å². The third-order valence-electron chi connectivity index (χ3n) is 9.44. The first-order chi connectivity index (χ1) is 25.1. The van der Waals surface area contributed by atoms with Gasteiger partial charge in [-0.05, 0) is 80.4 Å².